The summed E-state index contributed by atoms with van der Waals surface area (Å²) in [5.74, 6) is -5.99. The molecule has 0 unspecified atom stereocenters. The molecule has 0 saturated carbocycles. The highest BCUT2D eigenvalue weighted by Crippen LogP contribution is 2.45. The minimum absolute atomic E-state index is 0.830. The van der Waals surface area contributed by atoms with E-state index < -0.39 is 61.4 Å². The fraction of sp³-hybridized carbons (Fsp3) is 1.00. The molecule has 0 aromatic rings. The van der Waals surface area contributed by atoms with Crippen molar-refractivity contribution in [3.05, 3.63) is 0 Å². The van der Waals surface area contributed by atoms with Crippen LogP contribution in [-0.4, -0.2) is 102 Å². The summed E-state index contributed by atoms with van der Waals surface area (Å²) in [7, 11) is 0. The molecule has 0 aliphatic carbocycles. The Labute approximate surface area is 113 Å². The third-order valence-corrected chi connectivity index (χ3v) is 3.75. The Kier molecular flexibility index (Phi) is 4.08. The van der Waals surface area contributed by atoms with E-state index in [2.05, 4.69) is 0 Å². The van der Waals surface area contributed by atoms with Crippen LogP contribution in [0.5, 0.6) is 0 Å². The van der Waals surface area contributed by atoms with Crippen molar-refractivity contribution in [1.82, 2.24) is 0 Å². The van der Waals surface area contributed by atoms with Gasteiger partial charge in [-0.25, -0.2) is 0 Å². The molecule has 0 bridgehead atoms. The van der Waals surface area contributed by atoms with Crippen LogP contribution in [0, 0.1) is 0 Å². The molecule has 2 fully saturated rings. The summed E-state index contributed by atoms with van der Waals surface area (Å²) in [6, 6.07) is 0. The van der Waals surface area contributed by atoms with Crippen molar-refractivity contribution in [3.8, 4) is 0 Å². The number of hydrogen-bond donors (Lipinski definition) is 8. The van der Waals surface area contributed by atoms with Gasteiger partial charge in [0.05, 0.1) is 13.2 Å². The molecule has 0 aromatic heterocycles. The largest absolute Gasteiger partial charge is 0.394 e. The van der Waals surface area contributed by atoms with Gasteiger partial charge in [-0.2, -0.15) is 0 Å². The smallest absolute Gasteiger partial charge is 0.254 e. The molecule has 0 amide bonds. The van der Waals surface area contributed by atoms with Crippen LogP contribution in [0.4, 0.5) is 0 Å². The van der Waals surface area contributed by atoms with Crippen molar-refractivity contribution in [2.75, 3.05) is 13.2 Å². The first kappa shape index (κ1) is 16.0. The van der Waals surface area contributed by atoms with E-state index in [-0.39, 0.29) is 0 Å². The summed E-state index contributed by atoms with van der Waals surface area (Å²) >= 11 is 0. The van der Waals surface area contributed by atoms with E-state index >= 15 is 0 Å². The predicted molar refractivity (Wildman–Crippen MR) is 57.8 cm³/mol. The lowest BCUT2D eigenvalue weighted by Crippen LogP contribution is -2.83. The summed E-state index contributed by atoms with van der Waals surface area (Å²) in [5, 5.41) is 77.5. The summed E-state index contributed by atoms with van der Waals surface area (Å²) < 4.78 is 9.63. The van der Waals surface area contributed by atoms with Gasteiger partial charge in [0.15, 0.2) is 0 Å². The summed E-state index contributed by atoms with van der Waals surface area (Å²) in [4.78, 5) is 0. The molecular weight excluding hydrogens is 280 g/mol. The van der Waals surface area contributed by atoms with Crippen molar-refractivity contribution in [2.45, 2.75) is 48.2 Å². The lowest BCUT2D eigenvalue weighted by Gasteiger charge is -2.58. The van der Waals surface area contributed by atoms with E-state index in [0.29, 0.717) is 0 Å². The molecule has 0 spiro atoms. The molecule has 8 N–H and O–H groups in total. The SMILES string of the molecule is OC[C@@H]1O[C@]2(O)[C@@H](O)[C@H](O)[C@@H](CO)O[C@@]2(O)[C@H](O)[C@H]1O. The van der Waals surface area contributed by atoms with Crippen molar-refractivity contribution < 1.29 is 50.3 Å². The molecule has 2 aliphatic heterocycles. The fourth-order valence-corrected chi connectivity index (χ4v) is 2.49. The van der Waals surface area contributed by atoms with Crippen LogP contribution in [0.15, 0.2) is 0 Å². The molecule has 10 nitrogen and oxygen atoms in total. The molecule has 2 rings (SSSR count). The summed E-state index contributed by atoms with van der Waals surface area (Å²) in [6.45, 7) is -1.66. The average Bonchev–Trinajstić information content (AvgIpc) is 2.44. The van der Waals surface area contributed by atoms with Gasteiger partial charge in [0.25, 0.3) is 11.6 Å². The summed E-state index contributed by atoms with van der Waals surface area (Å²) in [6.07, 6.45) is -11.0. The van der Waals surface area contributed by atoms with E-state index in [1.807, 2.05) is 0 Å². The molecule has 2 aliphatic rings. The van der Waals surface area contributed by atoms with Crippen molar-refractivity contribution in [1.29, 1.82) is 0 Å². The summed E-state index contributed by atoms with van der Waals surface area (Å²) in [5.41, 5.74) is 0. The van der Waals surface area contributed by atoms with Gasteiger partial charge in [-0.05, 0) is 0 Å². The number of rotatable bonds is 2. The molecule has 0 aromatic carbocycles. The van der Waals surface area contributed by atoms with Gasteiger partial charge in [-0.3, -0.25) is 0 Å². The number of aliphatic hydroxyl groups excluding tert-OH is 6. The van der Waals surface area contributed by atoms with E-state index in [9.17, 15) is 30.6 Å². The number of fused-ring (bicyclic) bond motifs is 1. The van der Waals surface area contributed by atoms with Gasteiger partial charge in [-0.15, -0.1) is 0 Å². The Hall–Kier alpha value is -0.400. The zero-order valence-corrected chi connectivity index (χ0v) is 10.3. The van der Waals surface area contributed by atoms with Crippen molar-refractivity contribution >= 4 is 0 Å². The van der Waals surface area contributed by atoms with Gasteiger partial charge >= 0.3 is 0 Å². The van der Waals surface area contributed by atoms with Crippen LogP contribution in [0.1, 0.15) is 0 Å². The van der Waals surface area contributed by atoms with Gasteiger partial charge in [-0.1, -0.05) is 0 Å². The molecule has 2 heterocycles. The minimum atomic E-state index is -3.00. The third-order valence-electron chi connectivity index (χ3n) is 3.75. The van der Waals surface area contributed by atoms with Gasteiger partial charge in [0.1, 0.15) is 36.6 Å². The van der Waals surface area contributed by atoms with Crippen molar-refractivity contribution in [3.63, 3.8) is 0 Å². The first-order valence-electron chi connectivity index (χ1n) is 5.97. The highest BCUT2D eigenvalue weighted by molar-refractivity contribution is 5.10. The standard InChI is InChI=1S/C10H18O10/c11-1-3-5(13)7(15)10(18)9(17,19-3)8(16)6(14)4(2-12)20-10/h3-8,11-18H,1-2H2/t3-,4+,5-,6+,7+,8-,9+,10-. The maximum atomic E-state index is 10.2. The van der Waals surface area contributed by atoms with Crippen LogP contribution in [-0.2, 0) is 9.47 Å². The van der Waals surface area contributed by atoms with Crippen LogP contribution in [0.2, 0.25) is 0 Å². The Morgan fingerprint density at radius 1 is 0.700 bits per heavy atom. The average molecular weight is 298 g/mol. The molecular formula is C10H18O10. The molecule has 10 heteroatoms. The van der Waals surface area contributed by atoms with Crippen molar-refractivity contribution in [2.24, 2.45) is 0 Å². The first-order chi connectivity index (χ1) is 9.22. The number of ether oxygens (including phenoxy) is 2. The van der Waals surface area contributed by atoms with E-state index in [4.69, 9.17) is 19.7 Å². The molecule has 0 radical (unpaired) electrons. The minimum Gasteiger partial charge on any atom is -0.394 e. The van der Waals surface area contributed by atoms with Crippen LogP contribution >= 0.6 is 0 Å². The lowest BCUT2D eigenvalue weighted by molar-refractivity contribution is -0.509. The van der Waals surface area contributed by atoms with Gasteiger partial charge in [0, 0.05) is 0 Å². The monoisotopic (exact) mass is 298 g/mol. The quantitative estimate of drug-likeness (QED) is 0.245. The highest BCUT2D eigenvalue weighted by atomic mass is 16.8. The van der Waals surface area contributed by atoms with Gasteiger partial charge < -0.3 is 50.3 Å². The van der Waals surface area contributed by atoms with Crippen LogP contribution in [0.3, 0.4) is 0 Å². The van der Waals surface area contributed by atoms with Crippen LogP contribution < -0.4 is 0 Å². The topological polar surface area (TPSA) is 180 Å². The third kappa shape index (κ3) is 1.89. The number of aliphatic hydroxyl groups is 8. The predicted octanol–water partition coefficient (Wildman–Crippen LogP) is -5.41. The Bertz CT molecular complexity index is 332. The molecule has 20 heavy (non-hydrogen) atoms. The maximum Gasteiger partial charge on any atom is 0.254 e. The maximum absolute atomic E-state index is 10.2. The van der Waals surface area contributed by atoms with E-state index in [0.717, 1.165) is 0 Å². The van der Waals surface area contributed by atoms with Gasteiger partial charge in [0.2, 0.25) is 0 Å². The molecule has 118 valence electrons. The fourth-order valence-electron chi connectivity index (χ4n) is 2.49. The zero-order chi connectivity index (χ0) is 15.3. The second-order valence-electron chi connectivity index (χ2n) is 4.94. The zero-order valence-electron chi connectivity index (χ0n) is 10.3. The van der Waals surface area contributed by atoms with E-state index in [1.165, 1.54) is 0 Å². The molecule has 2 saturated heterocycles. The van der Waals surface area contributed by atoms with E-state index in [1.54, 1.807) is 0 Å². The second kappa shape index (κ2) is 5.10. The Morgan fingerprint density at radius 3 is 1.25 bits per heavy atom. The number of hydrogen-bond acceptors (Lipinski definition) is 10. The Balaban J connectivity index is 2.43. The Morgan fingerprint density at radius 2 is 1.00 bits per heavy atom. The normalized spacial score (nSPS) is 56.4. The van der Waals surface area contributed by atoms with Crippen LogP contribution in [0.25, 0.3) is 0 Å². The molecule has 8 atom stereocenters. The first-order valence-corrected chi connectivity index (χ1v) is 5.97. The highest BCUT2D eigenvalue weighted by Gasteiger charge is 2.72. The second-order valence-corrected chi connectivity index (χ2v) is 4.94. The lowest BCUT2D eigenvalue weighted by atomic mass is 9.80.